The van der Waals surface area contributed by atoms with Crippen molar-refractivity contribution in [3.05, 3.63) is 65.7 Å². The van der Waals surface area contributed by atoms with Gasteiger partial charge in [-0.15, -0.1) is 0 Å². The van der Waals surface area contributed by atoms with Gasteiger partial charge in [0.25, 0.3) is 0 Å². The van der Waals surface area contributed by atoms with Crippen LogP contribution in [0.1, 0.15) is 42.7 Å². The van der Waals surface area contributed by atoms with Crippen molar-refractivity contribution in [1.82, 2.24) is 0 Å². The van der Waals surface area contributed by atoms with Crippen LogP contribution in [0.4, 0.5) is 0 Å². The van der Waals surface area contributed by atoms with Crippen LogP contribution < -0.4 is 14.2 Å². The molecule has 4 heteroatoms. The molecule has 0 amide bonds. The Bertz CT molecular complexity index is 925. The maximum absolute atomic E-state index is 9.69. The summed E-state index contributed by atoms with van der Waals surface area (Å²) in [6.07, 6.45) is 1.59. The van der Waals surface area contributed by atoms with Crippen molar-refractivity contribution in [3.8, 4) is 17.2 Å². The van der Waals surface area contributed by atoms with E-state index in [9.17, 15) is 5.11 Å². The number of hydrogen-bond acceptors (Lipinski definition) is 4. The van der Waals surface area contributed by atoms with E-state index in [1.807, 2.05) is 12.1 Å². The maximum atomic E-state index is 9.69. The van der Waals surface area contributed by atoms with Gasteiger partial charge in [0.05, 0.1) is 21.3 Å². The van der Waals surface area contributed by atoms with Crippen molar-refractivity contribution in [2.75, 3.05) is 27.9 Å². The number of aliphatic hydroxyl groups is 1. The second-order valence-electron chi connectivity index (χ2n) is 7.41. The number of rotatable bonds is 9. The first-order valence-electron chi connectivity index (χ1n) is 10.0. The molecule has 154 valence electrons. The van der Waals surface area contributed by atoms with Crippen LogP contribution in [0.2, 0.25) is 0 Å². The van der Waals surface area contributed by atoms with Crippen LogP contribution >= 0.6 is 0 Å². The first-order chi connectivity index (χ1) is 14.1. The molecular formula is C25H30O4. The van der Waals surface area contributed by atoms with Crippen molar-refractivity contribution in [3.63, 3.8) is 0 Å². The predicted molar refractivity (Wildman–Crippen MR) is 118 cm³/mol. The topological polar surface area (TPSA) is 47.9 Å². The monoisotopic (exact) mass is 394 g/mol. The van der Waals surface area contributed by atoms with E-state index < -0.39 is 0 Å². The van der Waals surface area contributed by atoms with Gasteiger partial charge in [-0.2, -0.15) is 0 Å². The third-order valence-corrected chi connectivity index (χ3v) is 5.62. The van der Waals surface area contributed by atoms with Gasteiger partial charge in [-0.25, -0.2) is 0 Å². The molecular weight excluding hydrogens is 364 g/mol. The number of methoxy groups -OCH3 is 3. The van der Waals surface area contributed by atoms with Gasteiger partial charge in [-0.1, -0.05) is 49.4 Å². The Labute approximate surface area is 173 Å². The first kappa shape index (κ1) is 21.0. The molecule has 0 unspecified atom stereocenters. The van der Waals surface area contributed by atoms with Crippen molar-refractivity contribution in [1.29, 1.82) is 0 Å². The smallest absolute Gasteiger partial charge is 0.203 e. The standard InChI is InChI=1S/C25H30O4/c1-17(19-10-9-18-7-5-6-8-20(18)14-19)13-21(11-12-26)22-15-23(27-2)25(29-4)24(16-22)28-3/h5-10,14-17,21,26H,11-13H2,1-4H3/t17-,21-/m0/s1. The fourth-order valence-corrected chi connectivity index (χ4v) is 3.99. The zero-order chi connectivity index (χ0) is 20.8. The Kier molecular flexibility index (Phi) is 6.99. The van der Waals surface area contributed by atoms with Crippen LogP contribution in [-0.4, -0.2) is 33.0 Å². The Morgan fingerprint density at radius 3 is 2.03 bits per heavy atom. The van der Waals surface area contributed by atoms with Crippen LogP contribution in [0, 0.1) is 0 Å². The van der Waals surface area contributed by atoms with E-state index in [1.165, 1.54) is 16.3 Å². The zero-order valence-corrected chi connectivity index (χ0v) is 17.6. The Morgan fingerprint density at radius 2 is 1.45 bits per heavy atom. The predicted octanol–water partition coefficient (Wildman–Crippen LogP) is 5.53. The highest BCUT2D eigenvalue weighted by Crippen LogP contribution is 2.42. The summed E-state index contributed by atoms with van der Waals surface area (Å²) < 4.78 is 16.5. The third-order valence-electron chi connectivity index (χ3n) is 5.62. The van der Waals surface area contributed by atoms with Crippen molar-refractivity contribution >= 4 is 10.8 Å². The molecule has 2 atom stereocenters. The SMILES string of the molecule is COc1cc([C@@H](CCO)C[C@H](C)c2ccc3ccccc3c2)cc(OC)c1OC. The van der Waals surface area contributed by atoms with Crippen molar-refractivity contribution < 1.29 is 19.3 Å². The summed E-state index contributed by atoms with van der Waals surface area (Å²) in [5.74, 6) is 2.39. The van der Waals surface area contributed by atoms with Crippen LogP contribution in [0.15, 0.2) is 54.6 Å². The minimum absolute atomic E-state index is 0.131. The van der Waals surface area contributed by atoms with E-state index >= 15 is 0 Å². The van der Waals surface area contributed by atoms with Gasteiger partial charge in [-0.3, -0.25) is 0 Å². The third kappa shape index (κ3) is 4.65. The lowest BCUT2D eigenvalue weighted by molar-refractivity contribution is 0.269. The Hall–Kier alpha value is -2.72. The summed E-state index contributed by atoms with van der Waals surface area (Å²) in [4.78, 5) is 0. The van der Waals surface area contributed by atoms with Gasteiger partial charge in [0, 0.05) is 6.61 Å². The second-order valence-corrected chi connectivity index (χ2v) is 7.41. The molecule has 4 nitrogen and oxygen atoms in total. The van der Waals surface area contributed by atoms with E-state index in [2.05, 4.69) is 49.4 Å². The lowest BCUT2D eigenvalue weighted by Crippen LogP contribution is -2.08. The van der Waals surface area contributed by atoms with Gasteiger partial charge in [0.15, 0.2) is 11.5 Å². The molecule has 3 aromatic carbocycles. The molecule has 0 spiro atoms. The van der Waals surface area contributed by atoms with E-state index in [0.717, 1.165) is 12.0 Å². The molecule has 0 heterocycles. The normalized spacial score (nSPS) is 13.1. The van der Waals surface area contributed by atoms with Crippen LogP contribution in [0.25, 0.3) is 10.8 Å². The average molecular weight is 395 g/mol. The van der Waals surface area contributed by atoms with Crippen LogP contribution in [0.3, 0.4) is 0 Å². The minimum atomic E-state index is 0.131. The summed E-state index contributed by atoms with van der Waals surface area (Å²) in [5, 5.41) is 12.2. The zero-order valence-electron chi connectivity index (χ0n) is 17.6. The molecule has 0 bridgehead atoms. The van der Waals surface area contributed by atoms with E-state index in [4.69, 9.17) is 14.2 Å². The highest BCUT2D eigenvalue weighted by molar-refractivity contribution is 5.83. The summed E-state index contributed by atoms with van der Waals surface area (Å²) in [6, 6.07) is 19.1. The molecule has 0 aromatic heterocycles. The summed E-state index contributed by atoms with van der Waals surface area (Å²) in [7, 11) is 4.85. The molecule has 1 N–H and O–H groups in total. The maximum Gasteiger partial charge on any atom is 0.203 e. The molecule has 3 rings (SSSR count). The molecule has 0 saturated heterocycles. The number of fused-ring (bicyclic) bond motifs is 1. The van der Waals surface area contributed by atoms with E-state index in [-0.39, 0.29) is 12.5 Å². The average Bonchev–Trinajstić information content (AvgIpc) is 2.77. The van der Waals surface area contributed by atoms with Gasteiger partial charge in [0.1, 0.15) is 0 Å². The fraction of sp³-hybridized carbons (Fsp3) is 0.360. The lowest BCUT2D eigenvalue weighted by atomic mass is 9.83. The largest absolute Gasteiger partial charge is 0.493 e. The molecule has 3 aromatic rings. The second kappa shape index (κ2) is 9.66. The molecule has 0 aliphatic heterocycles. The van der Waals surface area contributed by atoms with E-state index in [0.29, 0.717) is 29.6 Å². The van der Waals surface area contributed by atoms with Gasteiger partial charge < -0.3 is 19.3 Å². The lowest BCUT2D eigenvalue weighted by Gasteiger charge is -2.23. The molecule has 29 heavy (non-hydrogen) atoms. The van der Waals surface area contributed by atoms with Crippen LogP contribution in [-0.2, 0) is 0 Å². The Morgan fingerprint density at radius 1 is 0.793 bits per heavy atom. The summed E-state index contributed by atoms with van der Waals surface area (Å²) >= 11 is 0. The van der Waals surface area contributed by atoms with Gasteiger partial charge >= 0.3 is 0 Å². The van der Waals surface area contributed by atoms with Crippen molar-refractivity contribution in [2.45, 2.75) is 31.6 Å². The molecule has 0 fully saturated rings. The number of aliphatic hydroxyl groups excluding tert-OH is 1. The highest BCUT2D eigenvalue weighted by Gasteiger charge is 2.21. The highest BCUT2D eigenvalue weighted by atomic mass is 16.5. The van der Waals surface area contributed by atoms with Gasteiger partial charge in [-0.05, 0) is 58.7 Å². The minimum Gasteiger partial charge on any atom is -0.493 e. The Balaban J connectivity index is 1.91. The molecule has 0 radical (unpaired) electrons. The number of benzene rings is 3. The number of ether oxygens (including phenoxy) is 3. The van der Waals surface area contributed by atoms with Crippen molar-refractivity contribution in [2.24, 2.45) is 0 Å². The fourth-order valence-electron chi connectivity index (χ4n) is 3.99. The number of hydrogen-bond donors (Lipinski definition) is 1. The quantitative estimate of drug-likeness (QED) is 0.519. The first-order valence-corrected chi connectivity index (χ1v) is 10.0. The van der Waals surface area contributed by atoms with Crippen LogP contribution in [0.5, 0.6) is 17.2 Å². The molecule has 0 aliphatic carbocycles. The molecule has 0 aliphatic rings. The van der Waals surface area contributed by atoms with Gasteiger partial charge in [0.2, 0.25) is 5.75 Å². The summed E-state index contributed by atoms with van der Waals surface area (Å²) in [6.45, 7) is 2.37. The molecule has 0 saturated carbocycles. The summed E-state index contributed by atoms with van der Waals surface area (Å²) in [5.41, 5.74) is 2.39. The van der Waals surface area contributed by atoms with E-state index in [1.54, 1.807) is 21.3 Å².